The summed E-state index contributed by atoms with van der Waals surface area (Å²) in [5, 5.41) is 2.91. The van der Waals surface area contributed by atoms with Gasteiger partial charge in [0.15, 0.2) is 5.76 Å². The minimum absolute atomic E-state index is 0.0985. The van der Waals surface area contributed by atoms with Crippen molar-refractivity contribution in [1.82, 2.24) is 0 Å². The van der Waals surface area contributed by atoms with Gasteiger partial charge in [0, 0.05) is 11.1 Å². The molecule has 0 bridgehead atoms. The number of hydrogen-bond acceptors (Lipinski definition) is 3. The summed E-state index contributed by atoms with van der Waals surface area (Å²) >= 11 is 0. The number of carbonyl (C=O) groups excluding carboxylic acids is 1. The van der Waals surface area contributed by atoms with Crippen molar-refractivity contribution in [2.24, 2.45) is 0 Å². The highest BCUT2D eigenvalue weighted by Gasteiger charge is 2.22. The van der Waals surface area contributed by atoms with Crippen molar-refractivity contribution < 1.29 is 13.9 Å². The Hall–Kier alpha value is -3.79. The molecule has 0 aliphatic rings. The molecular formula is C29H29NO3. The summed E-state index contributed by atoms with van der Waals surface area (Å²) in [6.07, 6.45) is 0. The molecule has 4 heteroatoms. The summed E-state index contributed by atoms with van der Waals surface area (Å²) in [6, 6.07) is 28.0. The number of ether oxygens (including phenoxy) is 1. The summed E-state index contributed by atoms with van der Waals surface area (Å²) in [4.78, 5) is 12.6. The van der Waals surface area contributed by atoms with Gasteiger partial charge in [-0.2, -0.15) is 0 Å². The van der Waals surface area contributed by atoms with Gasteiger partial charge in [-0.15, -0.1) is 0 Å². The second kappa shape index (κ2) is 9.37. The maximum atomic E-state index is 12.6. The van der Waals surface area contributed by atoms with Crippen LogP contribution in [0.1, 0.15) is 52.4 Å². The standard InChI is InChI=1S/C29H29NO3/c1-20-10-11-21(2)26(18-20)30-28(31)27-17-16-25(33-27)19-32-24-14-12-23(13-15-24)29(3,4)22-8-6-5-7-9-22/h5-18H,19H2,1-4H3,(H,30,31). The van der Waals surface area contributed by atoms with Crippen LogP contribution in [0.2, 0.25) is 0 Å². The van der Waals surface area contributed by atoms with Crippen LogP contribution in [0.4, 0.5) is 5.69 Å². The van der Waals surface area contributed by atoms with Crippen molar-refractivity contribution in [3.05, 3.63) is 119 Å². The van der Waals surface area contributed by atoms with Crippen LogP contribution >= 0.6 is 0 Å². The number of rotatable bonds is 7. The van der Waals surface area contributed by atoms with E-state index < -0.39 is 0 Å². The lowest BCUT2D eigenvalue weighted by Crippen LogP contribution is -2.18. The van der Waals surface area contributed by atoms with E-state index in [1.807, 2.05) is 50.2 Å². The van der Waals surface area contributed by atoms with Gasteiger partial charge >= 0.3 is 0 Å². The highest BCUT2D eigenvalue weighted by atomic mass is 16.5. The quantitative estimate of drug-likeness (QED) is 0.335. The first-order chi connectivity index (χ1) is 15.8. The normalized spacial score (nSPS) is 11.3. The van der Waals surface area contributed by atoms with Crippen LogP contribution in [0.3, 0.4) is 0 Å². The molecule has 0 aliphatic carbocycles. The first-order valence-electron chi connectivity index (χ1n) is 11.1. The highest BCUT2D eigenvalue weighted by Crippen LogP contribution is 2.32. The number of furan rings is 1. The predicted octanol–water partition coefficient (Wildman–Crippen LogP) is 7.05. The van der Waals surface area contributed by atoms with Crippen molar-refractivity contribution in [3.63, 3.8) is 0 Å². The number of amides is 1. The van der Waals surface area contributed by atoms with E-state index in [4.69, 9.17) is 9.15 Å². The predicted molar refractivity (Wildman–Crippen MR) is 132 cm³/mol. The number of carbonyl (C=O) groups is 1. The molecule has 0 unspecified atom stereocenters. The summed E-state index contributed by atoms with van der Waals surface area (Å²) in [6.45, 7) is 8.63. The van der Waals surface area contributed by atoms with E-state index in [9.17, 15) is 4.79 Å². The van der Waals surface area contributed by atoms with E-state index in [1.165, 1.54) is 11.1 Å². The molecule has 168 valence electrons. The Labute approximate surface area is 195 Å². The lowest BCUT2D eigenvalue weighted by Gasteiger charge is -2.26. The molecule has 0 atom stereocenters. The van der Waals surface area contributed by atoms with Gasteiger partial charge in [-0.3, -0.25) is 4.79 Å². The Morgan fingerprint density at radius 3 is 2.30 bits per heavy atom. The molecular weight excluding hydrogens is 410 g/mol. The SMILES string of the molecule is Cc1ccc(C)c(NC(=O)c2ccc(COc3ccc(C(C)(C)c4ccccc4)cc3)o2)c1. The van der Waals surface area contributed by atoms with E-state index >= 15 is 0 Å². The molecule has 4 rings (SSSR count). The molecule has 0 saturated carbocycles. The number of anilines is 1. The summed E-state index contributed by atoms with van der Waals surface area (Å²) in [5.74, 6) is 1.33. The fourth-order valence-electron chi connectivity index (χ4n) is 3.78. The molecule has 0 radical (unpaired) electrons. The van der Waals surface area contributed by atoms with Crippen LogP contribution in [0.25, 0.3) is 0 Å². The molecule has 1 amide bonds. The second-order valence-electron chi connectivity index (χ2n) is 8.84. The molecule has 0 fully saturated rings. The Kier molecular flexibility index (Phi) is 6.36. The molecule has 0 saturated heterocycles. The first-order valence-corrected chi connectivity index (χ1v) is 11.1. The van der Waals surface area contributed by atoms with Gasteiger partial charge in [-0.05, 0) is 66.4 Å². The van der Waals surface area contributed by atoms with Crippen LogP contribution in [0.5, 0.6) is 5.75 Å². The van der Waals surface area contributed by atoms with Crippen LogP contribution in [0.15, 0.2) is 89.3 Å². The molecule has 0 spiro atoms. The third-order valence-electron chi connectivity index (χ3n) is 5.98. The largest absolute Gasteiger partial charge is 0.486 e. The Morgan fingerprint density at radius 1 is 0.879 bits per heavy atom. The maximum absolute atomic E-state index is 12.6. The summed E-state index contributed by atoms with van der Waals surface area (Å²) in [7, 11) is 0. The van der Waals surface area contributed by atoms with Crippen molar-refractivity contribution in [2.75, 3.05) is 5.32 Å². The molecule has 0 aliphatic heterocycles. The smallest absolute Gasteiger partial charge is 0.291 e. The zero-order valence-corrected chi connectivity index (χ0v) is 19.5. The molecule has 33 heavy (non-hydrogen) atoms. The van der Waals surface area contributed by atoms with Crippen LogP contribution < -0.4 is 10.1 Å². The Bertz CT molecular complexity index is 1240. The number of benzene rings is 3. The van der Waals surface area contributed by atoms with Crippen LogP contribution in [-0.4, -0.2) is 5.91 Å². The average molecular weight is 440 g/mol. The van der Waals surface area contributed by atoms with Gasteiger partial charge in [0.05, 0.1) is 0 Å². The Balaban J connectivity index is 1.37. The Morgan fingerprint density at radius 2 is 1.58 bits per heavy atom. The average Bonchev–Trinajstić information content (AvgIpc) is 3.30. The second-order valence-corrected chi connectivity index (χ2v) is 8.84. The van der Waals surface area contributed by atoms with E-state index in [1.54, 1.807) is 12.1 Å². The minimum Gasteiger partial charge on any atom is -0.486 e. The third kappa shape index (κ3) is 5.17. The summed E-state index contributed by atoms with van der Waals surface area (Å²) in [5.41, 5.74) is 5.25. The lowest BCUT2D eigenvalue weighted by molar-refractivity contribution is 0.0992. The van der Waals surface area contributed by atoms with Gasteiger partial charge in [0.2, 0.25) is 0 Å². The number of hydrogen-bond donors (Lipinski definition) is 1. The van der Waals surface area contributed by atoms with Crippen LogP contribution in [-0.2, 0) is 12.0 Å². The van der Waals surface area contributed by atoms with Gasteiger partial charge < -0.3 is 14.5 Å². The topological polar surface area (TPSA) is 51.5 Å². The van der Waals surface area contributed by atoms with E-state index in [2.05, 4.69) is 55.6 Å². The molecule has 1 heterocycles. The molecule has 4 aromatic rings. The molecule has 3 aromatic carbocycles. The van der Waals surface area contributed by atoms with Crippen molar-refractivity contribution in [3.8, 4) is 5.75 Å². The monoisotopic (exact) mass is 439 g/mol. The van der Waals surface area contributed by atoms with Crippen molar-refractivity contribution in [2.45, 2.75) is 39.7 Å². The minimum atomic E-state index is -0.276. The highest BCUT2D eigenvalue weighted by molar-refractivity contribution is 6.02. The maximum Gasteiger partial charge on any atom is 0.291 e. The molecule has 1 aromatic heterocycles. The van der Waals surface area contributed by atoms with Crippen molar-refractivity contribution >= 4 is 11.6 Å². The van der Waals surface area contributed by atoms with Gasteiger partial charge in [-0.1, -0.05) is 68.4 Å². The number of nitrogens with one attached hydrogen (secondary N) is 1. The van der Waals surface area contributed by atoms with Gasteiger partial charge in [0.25, 0.3) is 5.91 Å². The van der Waals surface area contributed by atoms with Crippen molar-refractivity contribution in [1.29, 1.82) is 0 Å². The first kappa shape index (κ1) is 22.4. The summed E-state index contributed by atoms with van der Waals surface area (Å²) < 4.78 is 11.6. The fraction of sp³-hybridized carbons (Fsp3) is 0.207. The zero-order chi connectivity index (χ0) is 23.4. The van der Waals surface area contributed by atoms with Gasteiger partial charge in [0.1, 0.15) is 18.1 Å². The third-order valence-corrected chi connectivity index (χ3v) is 5.98. The van der Waals surface area contributed by atoms with E-state index in [-0.39, 0.29) is 23.7 Å². The lowest BCUT2D eigenvalue weighted by atomic mass is 9.78. The number of aryl methyl sites for hydroxylation is 2. The van der Waals surface area contributed by atoms with E-state index in [0.29, 0.717) is 5.76 Å². The van der Waals surface area contributed by atoms with Gasteiger partial charge in [-0.25, -0.2) is 0 Å². The zero-order valence-electron chi connectivity index (χ0n) is 19.5. The molecule has 1 N–H and O–H groups in total. The fourth-order valence-corrected chi connectivity index (χ4v) is 3.78. The van der Waals surface area contributed by atoms with Crippen LogP contribution in [0, 0.1) is 13.8 Å². The van der Waals surface area contributed by atoms with E-state index in [0.717, 1.165) is 22.6 Å². The molecule has 4 nitrogen and oxygen atoms in total.